The van der Waals surface area contributed by atoms with Crippen LogP contribution in [0.2, 0.25) is 0 Å². The SMILES string of the molecule is CCCNC(C)(CCCCOCCC1CC1)C(=O)OC. The Morgan fingerprint density at radius 3 is 2.65 bits per heavy atom. The number of hydrogen-bond acceptors (Lipinski definition) is 4. The first kappa shape index (κ1) is 17.4. The Morgan fingerprint density at radius 1 is 1.30 bits per heavy atom. The van der Waals surface area contributed by atoms with Gasteiger partial charge in [-0.25, -0.2) is 0 Å². The Kier molecular flexibility index (Phi) is 8.15. The van der Waals surface area contributed by atoms with Gasteiger partial charge in [0.1, 0.15) is 5.54 Å². The van der Waals surface area contributed by atoms with Crippen molar-refractivity contribution in [2.45, 2.75) is 64.3 Å². The molecule has 0 bridgehead atoms. The van der Waals surface area contributed by atoms with Crippen LogP contribution in [0.3, 0.4) is 0 Å². The smallest absolute Gasteiger partial charge is 0.325 e. The van der Waals surface area contributed by atoms with E-state index in [0.29, 0.717) is 0 Å². The van der Waals surface area contributed by atoms with Crippen LogP contribution in [-0.2, 0) is 14.3 Å². The summed E-state index contributed by atoms with van der Waals surface area (Å²) in [4.78, 5) is 11.9. The van der Waals surface area contributed by atoms with Gasteiger partial charge in [-0.3, -0.25) is 4.79 Å². The second-order valence-electron chi connectivity index (χ2n) is 6.05. The molecule has 1 atom stereocenters. The fraction of sp³-hybridized carbons (Fsp3) is 0.938. The molecule has 1 aliphatic carbocycles. The van der Waals surface area contributed by atoms with Crippen molar-refractivity contribution in [3.8, 4) is 0 Å². The summed E-state index contributed by atoms with van der Waals surface area (Å²) in [6.07, 6.45) is 7.80. The summed E-state index contributed by atoms with van der Waals surface area (Å²) in [6, 6.07) is 0. The molecule has 0 aromatic carbocycles. The molecule has 118 valence electrons. The molecule has 1 unspecified atom stereocenters. The molecule has 0 spiro atoms. The van der Waals surface area contributed by atoms with Gasteiger partial charge < -0.3 is 14.8 Å². The monoisotopic (exact) mass is 285 g/mol. The van der Waals surface area contributed by atoms with E-state index in [-0.39, 0.29) is 5.97 Å². The predicted molar refractivity (Wildman–Crippen MR) is 80.7 cm³/mol. The highest BCUT2D eigenvalue weighted by Crippen LogP contribution is 2.32. The molecule has 1 N–H and O–H groups in total. The second-order valence-corrected chi connectivity index (χ2v) is 6.05. The fourth-order valence-electron chi connectivity index (χ4n) is 2.33. The predicted octanol–water partition coefficient (Wildman–Crippen LogP) is 2.90. The van der Waals surface area contributed by atoms with Gasteiger partial charge in [-0.1, -0.05) is 19.8 Å². The third-order valence-corrected chi connectivity index (χ3v) is 3.98. The van der Waals surface area contributed by atoms with Crippen molar-refractivity contribution in [3.63, 3.8) is 0 Å². The third-order valence-electron chi connectivity index (χ3n) is 3.98. The molecule has 1 saturated carbocycles. The Balaban J connectivity index is 2.11. The number of unbranched alkanes of at least 4 members (excludes halogenated alkanes) is 1. The molecule has 0 radical (unpaired) electrons. The summed E-state index contributed by atoms with van der Waals surface area (Å²) in [5.74, 6) is 0.775. The van der Waals surface area contributed by atoms with Crippen LogP contribution in [-0.4, -0.2) is 38.4 Å². The molecule has 0 saturated heterocycles. The maximum Gasteiger partial charge on any atom is 0.325 e. The quantitative estimate of drug-likeness (QED) is 0.442. The maximum absolute atomic E-state index is 11.9. The van der Waals surface area contributed by atoms with Gasteiger partial charge in [-0.2, -0.15) is 0 Å². The van der Waals surface area contributed by atoms with E-state index in [1.807, 2.05) is 6.92 Å². The van der Waals surface area contributed by atoms with Crippen LogP contribution in [0.25, 0.3) is 0 Å². The molecule has 0 aromatic rings. The van der Waals surface area contributed by atoms with Gasteiger partial charge in [0.2, 0.25) is 0 Å². The van der Waals surface area contributed by atoms with Crippen LogP contribution in [0, 0.1) is 5.92 Å². The zero-order valence-electron chi connectivity index (χ0n) is 13.4. The normalized spacial score (nSPS) is 17.8. The van der Waals surface area contributed by atoms with Crippen LogP contribution >= 0.6 is 0 Å². The number of carbonyl (C=O) groups is 1. The zero-order chi connectivity index (χ0) is 14.8. The molecular weight excluding hydrogens is 254 g/mol. The van der Waals surface area contributed by atoms with E-state index >= 15 is 0 Å². The van der Waals surface area contributed by atoms with Crippen molar-refractivity contribution in [1.82, 2.24) is 5.32 Å². The number of methoxy groups -OCH3 is 1. The standard InChI is InChI=1S/C16H31NO3/c1-4-11-17-16(2,15(18)19-3)10-5-6-12-20-13-9-14-7-8-14/h14,17H,4-13H2,1-3H3. The molecule has 20 heavy (non-hydrogen) atoms. The molecule has 4 nitrogen and oxygen atoms in total. The van der Waals surface area contributed by atoms with E-state index in [2.05, 4.69) is 12.2 Å². The van der Waals surface area contributed by atoms with Crippen molar-refractivity contribution in [1.29, 1.82) is 0 Å². The molecule has 1 aliphatic rings. The first-order valence-electron chi connectivity index (χ1n) is 8.03. The topological polar surface area (TPSA) is 47.6 Å². The second kappa shape index (κ2) is 9.35. The maximum atomic E-state index is 11.9. The van der Waals surface area contributed by atoms with E-state index < -0.39 is 5.54 Å². The van der Waals surface area contributed by atoms with E-state index in [9.17, 15) is 4.79 Å². The van der Waals surface area contributed by atoms with Crippen LogP contribution in [0.5, 0.6) is 0 Å². The van der Waals surface area contributed by atoms with E-state index in [0.717, 1.165) is 51.4 Å². The van der Waals surface area contributed by atoms with Gasteiger partial charge in [-0.15, -0.1) is 0 Å². The van der Waals surface area contributed by atoms with Crippen molar-refractivity contribution >= 4 is 5.97 Å². The van der Waals surface area contributed by atoms with E-state index in [4.69, 9.17) is 9.47 Å². The lowest BCUT2D eigenvalue weighted by Gasteiger charge is -2.28. The Labute approximate surface area is 123 Å². The van der Waals surface area contributed by atoms with Crippen molar-refractivity contribution in [3.05, 3.63) is 0 Å². The van der Waals surface area contributed by atoms with Gasteiger partial charge in [0.05, 0.1) is 7.11 Å². The minimum atomic E-state index is -0.557. The van der Waals surface area contributed by atoms with Gasteiger partial charge in [0, 0.05) is 13.2 Å². The number of hydrogen-bond donors (Lipinski definition) is 1. The highest BCUT2D eigenvalue weighted by molar-refractivity contribution is 5.80. The Hall–Kier alpha value is -0.610. The van der Waals surface area contributed by atoms with Gasteiger partial charge in [-0.05, 0) is 51.5 Å². The van der Waals surface area contributed by atoms with Crippen LogP contribution in [0.15, 0.2) is 0 Å². The van der Waals surface area contributed by atoms with Gasteiger partial charge in [0.25, 0.3) is 0 Å². The number of carbonyl (C=O) groups excluding carboxylic acids is 1. The van der Waals surface area contributed by atoms with E-state index in [1.54, 1.807) is 0 Å². The number of esters is 1. The van der Waals surface area contributed by atoms with Crippen molar-refractivity contribution < 1.29 is 14.3 Å². The zero-order valence-corrected chi connectivity index (χ0v) is 13.4. The average molecular weight is 285 g/mol. The van der Waals surface area contributed by atoms with Gasteiger partial charge >= 0.3 is 5.97 Å². The van der Waals surface area contributed by atoms with Crippen LogP contribution < -0.4 is 5.32 Å². The molecule has 1 fully saturated rings. The summed E-state index contributed by atoms with van der Waals surface area (Å²) in [6.45, 7) is 6.56. The first-order chi connectivity index (χ1) is 9.62. The fourth-order valence-corrected chi connectivity index (χ4v) is 2.33. The lowest BCUT2D eigenvalue weighted by atomic mass is 9.94. The number of ether oxygens (including phenoxy) is 2. The van der Waals surface area contributed by atoms with Crippen LogP contribution in [0.1, 0.15) is 58.8 Å². The number of rotatable bonds is 12. The molecule has 1 rings (SSSR count). The average Bonchev–Trinajstić information content (AvgIpc) is 3.27. The molecule has 0 aliphatic heterocycles. The minimum Gasteiger partial charge on any atom is -0.468 e. The van der Waals surface area contributed by atoms with Crippen molar-refractivity contribution in [2.75, 3.05) is 26.9 Å². The summed E-state index contributed by atoms with van der Waals surface area (Å²) in [5, 5.41) is 3.31. The molecule has 0 amide bonds. The number of nitrogens with one attached hydrogen (secondary N) is 1. The summed E-state index contributed by atoms with van der Waals surface area (Å²) < 4.78 is 10.5. The highest BCUT2D eigenvalue weighted by Gasteiger charge is 2.32. The van der Waals surface area contributed by atoms with Crippen LogP contribution in [0.4, 0.5) is 0 Å². The van der Waals surface area contributed by atoms with E-state index in [1.165, 1.54) is 26.4 Å². The summed E-state index contributed by atoms with van der Waals surface area (Å²) in [5.41, 5.74) is -0.557. The lowest BCUT2D eigenvalue weighted by Crippen LogP contribution is -2.50. The Bertz CT molecular complexity index is 279. The Morgan fingerprint density at radius 2 is 2.05 bits per heavy atom. The molecule has 0 aromatic heterocycles. The third kappa shape index (κ3) is 6.71. The molecule has 4 heteroatoms. The van der Waals surface area contributed by atoms with Gasteiger partial charge in [0.15, 0.2) is 0 Å². The minimum absolute atomic E-state index is 0.166. The van der Waals surface area contributed by atoms with Crippen molar-refractivity contribution in [2.24, 2.45) is 5.92 Å². The molecule has 0 heterocycles. The summed E-state index contributed by atoms with van der Waals surface area (Å²) in [7, 11) is 1.45. The largest absolute Gasteiger partial charge is 0.468 e. The highest BCUT2D eigenvalue weighted by atomic mass is 16.5. The summed E-state index contributed by atoms with van der Waals surface area (Å²) >= 11 is 0. The molecular formula is C16H31NO3. The lowest BCUT2D eigenvalue weighted by molar-refractivity contribution is -0.148. The first-order valence-corrected chi connectivity index (χ1v) is 8.03.